The highest BCUT2D eigenvalue weighted by Gasteiger charge is 2.32. The Morgan fingerprint density at radius 3 is 2.56 bits per heavy atom. The number of carbonyl (C=O) groups excluding carboxylic acids is 3. The van der Waals surface area contributed by atoms with Crippen LogP contribution in [0.4, 0.5) is 11.5 Å². The number of nitrogens with zero attached hydrogens (tertiary/aromatic N) is 7. The second-order valence-corrected chi connectivity index (χ2v) is 18.2. The van der Waals surface area contributed by atoms with Crippen LogP contribution in [0.25, 0.3) is 22.5 Å². The van der Waals surface area contributed by atoms with E-state index in [-0.39, 0.29) is 29.8 Å². The van der Waals surface area contributed by atoms with E-state index in [1.165, 1.54) is 23.7 Å². The molecule has 0 radical (unpaired) electrons. The molecule has 17 nitrogen and oxygen atoms in total. The van der Waals surface area contributed by atoms with Crippen molar-refractivity contribution in [1.29, 1.82) is 0 Å². The number of imide groups is 1. The van der Waals surface area contributed by atoms with E-state index in [2.05, 4.69) is 37.9 Å². The number of hydrogen-bond acceptors (Lipinski definition) is 12. The van der Waals surface area contributed by atoms with Gasteiger partial charge in [0.2, 0.25) is 17.7 Å². The second-order valence-electron chi connectivity index (χ2n) is 18.2. The summed E-state index contributed by atoms with van der Waals surface area (Å²) in [6, 6.07) is 9.03. The number of benzene rings is 1. The van der Waals surface area contributed by atoms with E-state index in [0.717, 1.165) is 87.0 Å². The van der Waals surface area contributed by atoms with Crippen LogP contribution in [-0.4, -0.2) is 96.5 Å². The smallest absolute Gasteiger partial charge is 0.329 e. The van der Waals surface area contributed by atoms with Crippen LogP contribution in [0.3, 0.4) is 0 Å². The highest BCUT2D eigenvalue weighted by atomic mass is 16.5. The highest BCUT2D eigenvalue weighted by molar-refractivity contribution is 6.03. The normalized spacial score (nSPS) is 19.5. The van der Waals surface area contributed by atoms with Crippen molar-refractivity contribution in [2.75, 3.05) is 50.5 Å². The maximum absolute atomic E-state index is 13.4. The number of imidazole rings is 1. The molecule has 3 fully saturated rings. The van der Waals surface area contributed by atoms with Crippen molar-refractivity contribution < 1.29 is 28.6 Å². The average Bonchev–Trinajstić information content (AvgIpc) is 3.66. The number of aliphatic hydroxyl groups is 1. The Morgan fingerprint density at radius 2 is 1.79 bits per heavy atom. The van der Waals surface area contributed by atoms with Crippen molar-refractivity contribution in [2.45, 2.75) is 102 Å². The topological polar surface area (TPSA) is 204 Å². The van der Waals surface area contributed by atoms with Crippen LogP contribution in [0.15, 0.2) is 58.2 Å². The largest absolute Gasteiger partial charge is 0.444 e. The lowest BCUT2D eigenvalue weighted by molar-refractivity contribution is -0.135. The molecule has 0 spiro atoms. The summed E-state index contributed by atoms with van der Waals surface area (Å²) in [6.07, 6.45) is 14.5. The Morgan fingerprint density at radius 1 is 1.02 bits per heavy atom. The Bertz CT molecular complexity index is 2480. The van der Waals surface area contributed by atoms with Gasteiger partial charge < -0.3 is 29.8 Å². The van der Waals surface area contributed by atoms with E-state index < -0.39 is 23.5 Å². The number of nitrogens with one attached hydrogen (secondary N) is 3. The molecule has 17 heteroatoms. The fourth-order valence-corrected chi connectivity index (χ4v) is 8.89. The molecule has 5 aromatic rings. The summed E-state index contributed by atoms with van der Waals surface area (Å²) in [5.74, 6) is 1.16. The van der Waals surface area contributed by atoms with Gasteiger partial charge in [-0.05, 0) is 127 Å². The average molecular weight is 865 g/mol. The van der Waals surface area contributed by atoms with Crippen LogP contribution in [0.2, 0.25) is 0 Å². The van der Waals surface area contributed by atoms with Crippen molar-refractivity contribution in [2.24, 2.45) is 18.9 Å². The van der Waals surface area contributed by atoms with Gasteiger partial charge in [-0.25, -0.2) is 14.8 Å². The number of hydrogen-bond donors (Lipinski definition) is 4. The number of rotatable bonds is 19. The molecule has 4 aromatic heterocycles. The molecule has 2 aliphatic carbocycles. The third-order valence-corrected chi connectivity index (χ3v) is 12.6. The number of amides is 3. The van der Waals surface area contributed by atoms with Gasteiger partial charge in [-0.1, -0.05) is 6.07 Å². The maximum atomic E-state index is 13.4. The van der Waals surface area contributed by atoms with Crippen molar-refractivity contribution in [3.63, 3.8) is 0 Å². The molecule has 336 valence electrons. The standard InChI is InChI=1S/C46H60N10O7/c1-46(2,61)41-34(49-42(58)35-28-63-44(50-35)32-18-19-47-39(24-32)48-25-30-8-9-30)27-55(52-41)33-13-10-31(11-14-33)26-53(3)20-6-22-62-21-5-7-29-12-15-36-38(23-29)54(4)45(60)56(36)37-16-17-40(57)51-43(37)59/h12,15,18-19,23-24,27-28,30-31,33,37,61H,5-11,13-14,16-17,20-22,25-26H2,1-4H3,(H,47,48)(H,49,58)(H,51,57,59)/t31-,33-,37?. The quantitative estimate of drug-likeness (QED) is 0.0595. The SMILES string of the molecule is CN(CCCOCCCc1ccc2c(c1)n(C)c(=O)n2C1CCC(=O)NC1=O)C[C@H]1CC[C@H](n2cc(NC(=O)c3coc(-c4ccnc(NCC5CC5)c4)n3)c(C(C)(C)O)n2)CC1. The first kappa shape index (κ1) is 44.0. The fraction of sp³-hybridized carbons (Fsp3) is 0.543. The Labute approximate surface area is 366 Å². The van der Waals surface area contributed by atoms with Crippen LogP contribution < -0.4 is 21.6 Å². The third-order valence-electron chi connectivity index (χ3n) is 12.6. The van der Waals surface area contributed by atoms with Gasteiger partial charge >= 0.3 is 5.69 Å². The Hall–Kier alpha value is -5.65. The zero-order chi connectivity index (χ0) is 44.3. The second kappa shape index (κ2) is 19.0. The van der Waals surface area contributed by atoms with Crippen molar-refractivity contribution >= 4 is 40.3 Å². The minimum atomic E-state index is -1.28. The van der Waals surface area contributed by atoms with Crippen LogP contribution >= 0.6 is 0 Å². The summed E-state index contributed by atoms with van der Waals surface area (Å²) in [5.41, 5.74) is 2.71. The first-order valence-corrected chi connectivity index (χ1v) is 22.4. The number of piperidine rings is 1. The molecule has 3 amide bonds. The summed E-state index contributed by atoms with van der Waals surface area (Å²) in [5, 5.41) is 24.5. The van der Waals surface area contributed by atoms with E-state index in [1.54, 1.807) is 37.7 Å². The van der Waals surface area contributed by atoms with Gasteiger partial charge in [0, 0.05) is 64.3 Å². The summed E-state index contributed by atoms with van der Waals surface area (Å²) in [6.45, 7) is 7.50. The molecule has 0 bridgehead atoms. The van der Waals surface area contributed by atoms with Crippen LogP contribution in [0.1, 0.15) is 112 Å². The summed E-state index contributed by atoms with van der Waals surface area (Å²) in [4.78, 5) is 61.9. The summed E-state index contributed by atoms with van der Waals surface area (Å²) < 4.78 is 16.7. The summed E-state index contributed by atoms with van der Waals surface area (Å²) >= 11 is 0. The third kappa shape index (κ3) is 10.6. The van der Waals surface area contributed by atoms with E-state index >= 15 is 0 Å². The maximum Gasteiger partial charge on any atom is 0.329 e. The van der Waals surface area contributed by atoms with Crippen LogP contribution in [-0.2, 0) is 33.4 Å². The van der Waals surface area contributed by atoms with Gasteiger partial charge in [-0.3, -0.25) is 33.5 Å². The molecule has 63 heavy (non-hydrogen) atoms. The van der Waals surface area contributed by atoms with Gasteiger partial charge in [-0.15, -0.1) is 0 Å². The number of anilines is 2. The number of aryl methyl sites for hydroxylation is 2. The molecule has 1 unspecified atom stereocenters. The number of fused-ring (bicyclic) bond motifs is 1. The molecule has 1 aromatic carbocycles. The van der Waals surface area contributed by atoms with Crippen molar-refractivity contribution in [3.05, 3.63) is 76.4 Å². The zero-order valence-corrected chi connectivity index (χ0v) is 36.8. The van der Waals surface area contributed by atoms with Crippen LogP contribution in [0.5, 0.6) is 0 Å². The number of aromatic nitrogens is 6. The minimum Gasteiger partial charge on any atom is -0.444 e. The van der Waals surface area contributed by atoms with Crippen molar-refractivity contribution in [1.82, 2.24) is 39.1 Å². The van der Waals surface area contributed by atoms with Gasteiger partial charge in [0.05, 0.1) is 22.8 Å². The van der Waals surface area contributed by atoms with Gasteiger partial charge in [0.1, 0.15) is 29.4 Å². The first-order valence-electron chi connectivity index (χ1n) is 22.4. The predicted octanol–water partition coefficient (Wildman–Crippen LogP) is 5.57. The number of carbonyl (C=O) groups is 3. The molecular formula is C46H60N10O7. The lowest BCUT2D eigenvalue weighted by atomic mass is 9.86. The Kier molecular flexibility index (Phi) is 13.3. The fourth-order valence-electron chi connectivity index (χ4n) is 8.89. The van der Waals surface area contributed by atoms with E-state index in [0.29, 0.717) is 54.3 Å². The first-order chi connectivity index (χ1) is 30.3. The molecule has 1 aliphatic heterocycles. The van der Waals surface area contributed by atoms with Crippen LogP contribution in [0, 0.1) is 11.8 Å². The zero-order valence-electron chi connectivity index (χ0n) is 36.8. The lowest BCUT2D eigenvalue weighted by Gasteiger charge is -2.31. The molecule has 1 saturated heterocycles. The molecule has 2 saturated carbocycles. The molecule has 1 atom stereocenters. The van der Waals surface area contributed by atoms with Gasteiger partial charge in [0.15, 0.2) is 5.69 Å². The molecule has 8 rings (SSSR count). The van der Waals surface area contributed by atoms with Crippen molar-refractivity contribution in [3.8, 4) is 11.5 Å². The number of pyridine rings is 1. The highest BCUT2D eigenvalue weighted by Crippen LogP contribution is 2.36. The van der Waals surface area contributed by atoms with Gasteiger partial charge in [0.25, 0.3) is 5.91 Å². The predicted molar refractivity (Wildman–Crippen MR) is 237 cm³/mol. The minimum absolute atomic E-state index is 0.128. The molecular weight excluding hydrogens is 805 g/mol. The number of ether oxygens (including phenoxy) is 1. The van der Waals surface area contributed by atoms with E-state index in [4.69, 9.17) is 14.3 Å². The summed E-state index contributed by atoms with van der Waals surface area (Å²) in [7, 11) is 3.88. The monoisotopic (exact) mass is 864 g/mol. The molecule has 4 N–H and O–H groups in total. The van der Waals surface area contributed by atoms with E-state index in [1.807, 2.05) is 35.1 Å². The molecule has 5 heterocycles. The lowest BCUT2D eigenvalue weighted by Crippen LogP contribution is -2.44. The van der Waals surface area contributed by atoms with E-state index in [9.17, 15) is 24.3 Å². The number of oxazole rings is 1. The molecule has 3 aliphatic rings. The Balaban J connectivity index is 0.751. The van der Waals surface area contributed by atoms with Gasteiger partial charge in [-0.2, -0.15) is 5.10 Å².